The summed E-state index contributed by atoms with van der Waals surface area (Å²) in [5, 5.41) is 3.18. The summed E-state index contributed by atoms with van der Waals surface area (Å²) in [5.41, 5.74) is 1.62. The normalized spacial score (nSPS) is 14.2. The number of methoxy groups -OCH3 is 1. The zero-order chi connectivity index (χ0) is 33.2. The van der Waals surface area contributed by atoms with E-state index in [0.717, 1.165) is 42.0 Å². The number of carbonyl (C=O) groups is 2. The van der Waals surface area contributed by atoms with Crippen molar-refractivity contribution in [1.29, 1.82) is 0 Å². The highest BCUT2D eigenvalue weighted by Crippen LogP contribution is 2.32. The second-order valence-electron chi connectivity index (χ2n) is 11.7. The van der Waals surface area contributed by atoms with E-state index in [1.807, 2.05) is 30.3 Å². The van der Waals surface area contributed by atoms with E-state index >= 15 is 0 Å². The van der Waals surface area contributed by atoms with E-state index in [1.165, 1.54) is 36.3 Å². The number of ether oxygens (including phenoxy) is 1. The number of nitrogens with one attached hydrogen (secondary N) is 1. The number of hydrogen-bond donors (Lipinski definition) is 1. The van der Waals surface area contributed by atoms with E-state index in [-0.39, 0.29) is 41.2 Å². The molecule has 4 aromatic rings. The van der Waals surface area contributed by atoms with Crippen molar-refractivity contribution in [2.24, 2.45) is 0 Å². The van der Waals surface area contributed by atoms with Crippen molar-refractivity contribution in [2.45, 2.75) is 62.0 Å². The molecule has 1 aliphatic rings. The number of anilines is 1. The number of rotatable bonds is 13. The van der Waals surface area contributed by atoms with Crippen LogP contribution in [0.1, 0.15) is 43.2 Å². The van der Waals surface area contributed by atoms with Crippen LogP contribution in [-0.4, -0.2) is 50.9 Å². The van der Waals surface area contributed by atoms with E-state index in [9.17, 15) is 22.4 Å². The van der Waals surface area contributed by atoms with E-state index in [1.54, 1.807) is 54.6 Å². The standard InChI is InChI=1S/C37H40FN3O5S/c1-46-35-20-12-11-19-33(35)41(47(44,45)32-17-9-4-10-18-32)27-36(42)40(26-29-21-23-30(38)24-22-29)34(25-28-13-5-2-6-14-28)37(43)39-31-15-7-3-8-16-31/h2,4-6,9-14,17-24,31,34H,3,7-8,15-16,25-27H2,1H3,(H,39,43)/t34-/m0/s1. The minimum Gasteiger partial charge on any atom is -0.495 e. The molecule has 10 heteroatoms. The molecule has 0 spiro atoms. The number of sulfonamides is 1. The maximum absolute atomic E-state index is 14.6. The number of hydrogen-bond acceptors (Lipinski definition) is 5. The van der Waals surface area contributed by atoms with Gasteiger partial charge in [-0.25, -0.2) is 12.8 Å². The third-order valence-corrected chi connectivity index (χ3v) is 10.2. The largest absolute Gasteiger partial charge is 0.495 e. The number of carbonyl (C=O) groups excluding carboxylic acids is 2. The van der Waals surface area contributed by atoms with Gasteiger partial charge in [-0.05, 0) is 60.4 Å². The fourth-order valence-electron chi connectivity index (χ4n) is 5.95. The molecule has 8 nitrogen and oxygen atoms in total. The van der Waals surface area contributed by atoms with E-state index in [4.69, 9.17) is 4.74 Å². The smallest absolute Gasteiger partial charge is 0.264 e. The van der Waals surface area contributed by atoms with Gasteiger partial charge in [0.15, 0.2) is 0 Å². The van der Waals surface area contributed by atoms with Gasteiger partial charge in [0.25, 0.3) is 10.0 Å². The molecule has 0 aromatic heterocycles. The summed E-state index contributed by atoms with van der Waals surface area (Å²) in [6.45, 7) is -0.652. The minimum absolute atomic E-state index is 0.000308. The molecule has 0 saturated heterocycles. The number of para-hydroxylation sites is 2. The molecule has 4 aromatic carbocycles. The summed E-state index contributed by atoms with van der Waals surface area (Å²) in [5.74, 6) is -1.08. The van der Waals surface area contributed by atoms with Crippen molar-refractivity contribution in [3.8, 4) is 5.75 Å². The van der Waals surface area contributed by atoms with Gasteiger partial charge in [0.05, 0.1) is 17.7 Å². The Labute approximate surface area is 276 Å². The molecule has 1 atom stereocenters. The first kappa shape index (κ1) is 33.7. The predicted octanol–water partition coefficient (Wildman–Crippen LogP) is 6.12. The average Bonchev–Trinajstić information content (AvgIpc) is 3.10. The molecule has 0 heterocycles. The van der Waals surface area contributed by atoms with E-state index < -0.39 is 34.3 Å². The Morgan fingerprint density at radius 2 is 1.45 bits per heavy atom. The number of amides is 2. The Hall–Kier alpha value is -4.70. The van der Waals surface area contributed by atoms with E-state index in [2.05, 4.69) is 5.32 Å². The quantitative estimate of drug-likeness (QED) is 0.187. The second kappa shape index (κ2) is 15.7. The maximum atomic E-state index is 14.6. The molecule has 246 valence electrons. The summed E-state index contributed by atoms with van der Waals surface area (Å²) in [6, 6.07) is 28.6. The Morgan fingerprint density at radius 1 is 0.830 bits per heavy atom. The lowest BCUT2D eigenvalue weighted by molar-refractivity contribution is -0.140. The van der Waals surface area contributed by atoms with Gasteiger partial charge in [-0.1, -0.05) is 92.1 Å². The van der Waals surface area contributed by atoms with Gasteiger partial charge in [-0.2, -0.15) is 0 Å². The van der Waals surface area contributed by atoms with Gasteiger partial charge < -0.3 is 15.0 Å². The average molecular weight is 658 g/mol. The third-order valence-electron chi connectivity index (χ3n) is 8.45. The van der Waals surface area contributed by atoms with E-state index in [0.29, 0.717) is 5.56 Å². The molecular formula is C37H40FN3O5S. The van der Waals surface area contributed by atoms with Gasteiger partial charge in [0.2, 0.25) is 11.8 Å². The summed E-state index contributed by atoms with van der Waals surface area (Å²) >= 11 is 0. The van der Waals surface area contributed by atoms with Gasteiger partial charge in [0.1, 0.15) is 24.2 Å². The van der Waals surface area contributed by atoms with Crippen LogP contribution in [0.4, 0.5) is 10.1 Å². The van der Waals surface area contributed by atoms with Crippen LogP contribution in [0, 0.1) is 5.82 Å². The molecular weight excluding hydrogens is 617 g/mol. The van der Waals surface area contributed by atoms with Crippen molar-refractivity contribution in [2.75, 3.05) is 18.0 Å². The van der Waals surface area contributed by atoms with Crippen molar-refractivity contribution in [3.63, 3.8) is 0 Å². The molecule has 0 aliphatic heterocycles. The van der Waals surface area contributed by atoms with Gasteiger partial charge in [0, 0.05) is 19.0 Å². The second-order valence-corrected chi connectivity index (χ2v) is 13.6. The van der Waals surface area contributed by atoms with Gasteiger partial charge in [-0.15, -0.1) is 0 Å². The van der Waals surface area contributed by atoms with Crippen LogP contribution in [0.25, 0.3) is 0 Å². The molecule has 5 rings (SSSR count). The monoisotopic (exact) mass is 657 g/mol. The summed E-state index contributed by atoms with van der Waals surface area (Å²) in [4.78, 5) is 30.2. The molecule has 1 fully saturated rings. The molecule has 1 aliphatic carbocycles. The molecule has 47 heavy (non-hydrogen) atoms. The lowest BCUT2D eigenvalue weighted by Gasteiger charge is -2.35. The first-order chi connectivity index (χ1) is 22.8. The van der Waals surface area contributed by atoms with Crippen molar-refractivity contribution in [3.05, 3.63) is 126 Å². The zero-order valence-corrected chi connectivity index (χ0v) is 27.2. The van der Waals surface area contributed by atoms with Crippen LogP contribution < -0.4 is 14.4 Å². The lowest BCUT2D eigenvalue weighted by Crippen LogP contribution is -2.55. The highest BCUT2D eigenvalue weighted by atomic mass is 32.2. The van der Waals surface area contributed by atoms with Crippen molar-refractivity contribution in [1.82, 2.24) is 10.2 Å². The molecule has 1 N–H and O–H groups in total. The van der Waals surface area contributed by atoms with Gasteiger partial charge in [-0.3, -0.25) is 13.9 Å². The van der Waals surface area contributed by atoms with Gasteiger partial charge >= 0.3 is 0 Å². The molecule has 1 saturated carbocycles. The predicted molar refractivity (Wildman–Crippen MR) is 180 cm³/mol. The fourth-order valence-corrected chi connectivity index (χ4v) is 7.40. The first-order valence-corrected chi connectivity index (χ1v) is 17.3. The van der Waals surface area contributed by atoms with Crippen molar-refractivity contribution >= 4 is 27.5 Å². The molecule has 0 radical (unpaired) electrons. The Bertz CT molecular complexity index is 1730. The summed E-state index contributed by atoms with van der Waals surface area (Å²) in [6.07, 6.45) is 5.05. The van der Waals surface area contributed by atoms with Crippen LogP contribution >= 0.6 is 0 Å². The van der Waals surface area contributed by atoms with Crippen LogP contribution in [-0.2, 0) is 32.6 Å². The highest BCUT2D eigenvalue weighted by Gasteiger charge is 2.36. The Balaban J connectivity index is 1.57. The number of halogens is 1. The molecule has 0 unspecified atom stereocenters. The first-order valence-electron chi connectivity index (χ1n) is 15.9. The van der Waals surface area contributed by atoms with Crippen LogP contribution in [0.3, 0.4) is 0 Å². The zero-order valence-electron chi connectivity index (χ0n) is 26.4. The Morgan fingerprint density at radius 3 is 2.11 bits per heavy atom. The fraction of sp³-hybridized carbons (Fsp3) is 0.297. The topological polar surface area (TPSA) is 96.0 Å². The highest BCUT2D eigenvalue weighted by molar-refractivity contribution is 7.92. The number of benzene rings is 4. The third kappa shape index (κ3) is 8.56. The van der Waals surface area contributed by atoms with Crippen LogP contribution in [0.5, 0.6) is 5.75 Å². The Kier molecular flexibility index (Phi) is 11.3. The number of nitrogens with zero attached hydrogens (tertiary/aromatic N) is 2. The minimum atomic E-state index is -4.27. The summed E-state index contributed by atoms with van der Waals surface area (Å²) in [7, 11) is -2.83. The SMILES string of the molecule is COc1ccccc1N(CC(=O)N(Cc1ccc(F)cc1)[C@@H](Cc1ccccc1)C(=O)NC1CCCCC1)S(=O)(=O)c1ccccc1. The summed E-state index contributed by atoms with van der Waals surface area (Å²) < 4.78 is 48.8. The van der Waals surface area contributed by atoms with Crippen molar-refractivity contribution < 1.29 is 27.1 Å². The van der Waals surface area contributed by atoms with Crippen LogP contribution in [0.15, 0.2) is 114 Å². The molecule has 0 bridgehead atoms. The maximum Gasteiger partial charge on any atom is 0.264 e. The van der Waals surface area contributed by atoms with Crippen LogP contribution in [0.2, 0.25) is 0 Å². The lowest BCUT2D eigenvalue weighted by atomic mass is 9.94. The molecule has 2 amide bonds.